The standard InChI is InChI=1S/C22H14Cl2N2O3/c23-19-9-8-17(21(24)12-19)14-29-22-7-2-1-4-16(22)10-18(13-25)15-5-3-6-20(11-15)26(27)28/h1-12H,14H2. The maximum absolute atomic E-state index is 11.0. The molecule has 0 aromatic heterocycles. The number of benzene rings is 3. The Bertz CT molecular complexity index is 1140. The van der Waals surface area contributed by atoms with Crippen molar-refractivity contribution in [2.75, 3.05) is 0 Å². The zero-order valence-electron chi connectivity index (χ0n) is 15.0. The van der Waals surface area contributed by atoms with Crippen LogP contribution in [0.5, 0.6) is 5.75 Å². The molecule has 3 rings (SSSR count). The number of non-ortho nitro benzene ring substituents is 1. The summed E-state index contributed by atoms with van der Waals surface area (Å²) in [7, 11) is 0. The van der Waals surface area contributed by atoms with Crippen molar-refractivity contribution in [2.24, 2.45) is 0 Å². The number of hydrogen-bond donors (Lipinski definition) is 0. The highest BCUT2D eigenvalue weighted by atomic mass is 35.5. The van der Waals surface area contributed by atoms with Crippen molar-refractivity contribution in [3.05, 3.63) is 104 Å². The summed E-state index contributed by atoms with van der Waals surface area (Å²) < 4.78 is 5.90. The number of ether oxygens (including phenoxy) is 1. The van der Waals surface area contributed by atoms with Crippen molar-refractivity contribution in [3.8, 4) is 11.8 Å². The fourth-order valence-corrected chi connectivity index (χ4v) is 3.11. The van der Waals surface area contributed by atoms with Gasteiger partial charge in [-0.05, 0) is 29.8 Å². The van der Waals surface area contributed by atoms with Crippen LogP contribution in [0.3, 0.4) is 0 Å². The minimum atomic E-state index is -0.495. The summed E-state index contributed by atoms with van der Waals surface area (Å²) in [5, 5.41) is 21.6. The average Bonchev–Trinajstić information content (AvgIpc) is 2.72. The first-order valence-corrected chi connectivity index (χ1v) is 9.26. The molecule has 0 atom stereocenters. The highest BCUT2D eigenvalue weighted by Gasteiger charge is 2.11. The fourth-order valence-electron chi connectivity index (χ4n) is 2.65. The summed E-state index contributed by atoms with van der Waals surface area (Å²) in [5.74, 6) is 0.552. The lowest BCUT2D eigenvalue weighted by atomic mass is 10.0. The number of para-hydroxylation sites is 1. The Morgan fingerprint density at radius 3 is 2.62 bits per heavy atom. The Kier molecular flexibility index (Phi) is 6.50. The molecule has 0 unspecified atom stereocenters. The number of nitro groups is 1. The Morgan fingerprint density at radius 1 is 1.10 bits per heavy atom. The number of nitrogens with zero attached hydrogens (tertiary/aromatic N) is 2. The Balaban J connectivity index is 1.90. The van der Waals surface area contributed by atoms with Crippen molar-refractivity contribution in [1.82, 2.24) is 0 Å². The van der Waals surface area contributed by atoms with Crippen LogP contribution in [0.4, 0.5) is 5.69 Å². The predicted molar refractivity (Wildman–Crippen MR) is 114 cm³/mol. The van der Waals surface area contributed by atoms with Crippen LogP contribution < -0.4 is 4.74 Å². The second kappa shape index (κ2) is 9.24. The first kappa shape index (κ1) is 20.4. The largest absolute Gasteiger partial charge is 0.488 e. The molecule has 0 aliphatic heterocycles. The van der Waals surface area contributed by atoms with Gasteiger partial charge in [0.25, 0.3) is 5.69 Å². The zero-order valence-corrected chi connectivity index (χ0v) is 16.5. The SMILES string of the molecule is N#CC(=Cc1ccccc1OCc1ccc(Cl)cc1Cl)c1cccc([N+](=O)[O-])c1. The zero-order chi connectivity index (χ0) is 20.8. The van der Waals surface area contributed by atoms with Crippen LogP contribution >= 0.6 is 23.2 Å². The third kappa shape index (κ3) is 5.14. The van der Waals surface area contributed by atoms with E-state index in [4.69, 9.17) is 27.9 Å². The minimum absolute atomic E-state index is 0.0782. The van der Waals surface area contributed by atoms with Gasteiger partial charge in [-0.25, -0.2) is 0 Å². The highest BCUT2D eigenvalue weighted by Crippen LogP contribution is 2.28. The lowest BCUT2D eigenvalue weighted by Gasteiger charge is -2.11. The van der Waals surface area contributed by atoms with E-state index in [2.05, 4.69) is 6.07 Å². The molecule has 0 aliphatic carbocycles. The van der Waals surface area contributed by atoms with Gasteiger partial charge >= 0.3 is 0 Å². The lowest BCUT2D eigenvalue weighted by molar-refractivity contribution is -0.384. The number of nitro benzene ring substituents is 1. The first-order chi connectivity index (χ1) is 14.0. The van der Waals surface area contributed by atoms with Gasteiger partial charge in [0.05, 0.1) is 16.6 Å². The monoisotopic (exact) mass is 424 g/mol. The maximum Gasteiger partial charge on any atom is 0.270 e. The highest BCUT2D eigenvalue weighted by molar-refractivity contribution is 6.35. The molecule has 0 bridgehead atoms. The Labute approximate surface area is 177 Å². The third-order valence-electron chi connectivity index (χ3n) is 4.11. The van der Waals surface area contributed by atoms with E-state index in [1.54, 1.807) is 48.5 Å². The summed E-state index contributed by atoms with van der Waals surface area (Å²) in [6, 6.07) is 20.4. The van der Waals surface area contributed by atoms with E-state index in [9.17, 15) is 15.4 Å². The quantitative estimate of drug-likeness (QED) is 0.194. The van der Waals surface area contributed by atoms with Crippen molar-refractivity contribution < 1.29 is 9.66 Å². The second-order valence-corrected chi connectivity index (χ2v) is 6.88. The van der Waals surface area contributed by atoms with E-state index in [1.807, 2.05) is 12.1 Å². The first-order valence-electron chi connectivity index (χ1n) is 8.50. The van der Waals surface area contributed by atoms with Crippen molar-refractivity contribution >= 4 is 40.5 Å². The van der Waals surface area contributed by atoms with Gasteiger partial charge in [0.15, 0.2) is 0 Å². The molecule has 3 aromatic rings. The molecule has 0 radical (unpaired) electrons. The van der Waals surface area contributed by atoms with Gasteiger partial charge in [0, 0.05) is 33.3 Å². The molecule has 0 amide bonds. The van der Waals surface area contributed by atoms with E-state index in [-0.39, 0.29) is 17.9 Å². The van der Waals surface area contributed by atoms with E-state index in [0.717, 1.165) is 5.56 Å². The smallest absolute Gasteiger partial charge is 0.270 e. The van der Waals surface area contributed by atoms with Crippen LogP contribution in [0, 0.1) is 21.4 Å². The summed E-state index contributed by atoms with van der Waals surface area (Å²) in [5.41, 5.74) is 2.10. The number of halogens is 2. The summed E-state index contributed by atoms with van der Waals surface area (Å²) in [4.78, 5) is 10.5. The molecule has 144 valence electrons. The average molecular weight is 425 g/mol. The summed E-state index contributed by atoms with van der Waals surface area (Å²) in [6.07, 6.45) is 1.64. The van der Waals surface area contributed by atoms with Gasteiger partial charge in [-0.2, -0.15) is 5.26 Å². The van der Waals surface area contributed by atoms with E-state index in [1.165, 1.54) is 12.1 Å². The van der Waals surface area contributed by atoms with Gasteiger partial charge in [-0.15, -0.1) is 0 Å². The minimum Gasteiger partial charge on any atom is -0.488 e. The van der Waals surface area contributed by atoms with Crippen LogP contribution in [0.15, 0.2) is 66.7 Å². The molecule has 0 spiro atoms. The van der Waals surface area contributed by atoms with Crippen LogP contribution in [-0.4, -0.2) is 4.92 Å². The molecule has 0 fully saturated rings. The number of nitriles is 1. The van der Waals surface area contributed by atoms with Gasteiger partial charge in [0.2, 0.25) is 0 Å². The van der Waals surface area contributed by atoms with Crippen LogP contribution in [0.2, 0.25) is 10.0 Å². The van der Waals surface area contributed by atoms with Gasteiger partial charge in [0.1, 0.15) is 12.4 Å². The van der Waals surface area contributed by atoms with Gasteiger partial charge < -0.3 is 4.74 Å². The fraction of sp³-hybridized carbons (Fsp3) is 0.0455. The Morgan fingerprint density at radius 2 is 1.90 bits per heavy atom. The lowest BCUT2D eigenvalue weighted by Crippen LogP contribution is -1.98. The normalized spacial score (nSPS) is 11.0. The molecule has 29 heavy (non-hydrogen) atoms. The van der Waals surface area contributed by atoms with Gasteiger partial charge in [-0.1, -0.05) is 59.6 Å². The number of rotatable bonds is 6. The molecule has 0 aliphatic rings. The molecule has 7 heteroatoms. The van der Waals surface area contributed by atoms with Crippen LogP contribution in [0.1, 0.15) is 16.7 Å². The maximum atomic E-state index is 11.0. The third-order valence-corrected chi connectivity index (χ3v) is 4.69. The topological polar surface area (TPSA) is 76.2 Å². The predicted octanol–water partition coefficient (Wildman–Crippen LogP) is 6.54. The molecule has 3 aromatic carbocycles. The molecule has 0 saturated heterocycles. The summed E-state index contributed by atoms with van der Waals surface area (Å²) in [6.45, 7) is 0.222. The van der Waals surface area contributed by atoms with Crippen molar-refractivity contribution in [1.29, 1.82) is 5.26 Å². The molecular formula is C22H14Cl2N2O3. The van der Waals surface area contributed by atoms with Crippen molar-refractivity contribution in [3.63, 3.8) is 0 Å². The summed E-state index contributed by atoms with van der Waals surface area (Å²) >= 11 is 12.1. The number of allylic oxidation sites excluding steroid dienone is 1. The molecular weight excluding hydrogens is 411 g/mol. The second-order valence-electron chi connectivity index (χ2n) is 6.04. The van der Waals surface area contributed by atoms with E-state index < -0.39 is 4.92 Å². The molecule has 5 nitrogen and oxygen atoms in total. The molecule has 0 N–H and O–H groups in total. The molecule has 0 saturated carbocycles. The van der Waals surface area contributed by atoms with Crippen LogP contribution in [-0.2, 0) is 6.61 Å². The van der Waals surface area contributed by atoms with Crippen LogP contribution in [0.25, 0.3) is 11.6 Å². The van der Waals surface area contributed by atoms with E-state index in [0.29, 0.717) is 26.9 Å². The van der Waals surface area contributed by atoms with E-state index >= 15 is 0 Å². The number of hydrogen-bond acceptors (Lipinski definition) is 4. The van der Waals surface area contributed by atoms with Crippen molar-refractivity contribution in [2.45, 2.75) is 6.61 Å². The van der Waals surface area contributed by atoms with Gasteiger partial charge in [-0.3, -0.25) is 10.1 Å². The Hall–Kier alpha value is -3.33. The molecule has 0 heterocycles.